The number of hydrogen-bond donors (Lipinski definition) is 0. The molecule has 0 spiro atoms. The molecule has 1 saturated carbocycles. The molecular weight excluding hydrogens is 262 g/mol. The van der Waals surface area contributed by atoms with Crippen molar-refractivity contribution < 1.29 is 8.42 Å². The average Bonchev–Trinajstić information content (AvgIpc) is 3.20. The van der Waals surface area contributed by atoms with Crippen LogP contribution in [0.1, 0.15) is 19.3 Å². The van der Waals surface area contributed by atoms with Gasteiger partial charge in [0.2, 0.25) is 16.0 Å². The topological polar surface area (TPSA) is 55.2 Å². The maximum atomic E-state index is 12.5. The molecule has 19 heavy (non-hydrogen) atoms. The van der Waals surface area contributed by atoms with E-state index in [-0.39, 0.29) is 5.25 Å². The molecule has 1 fully saturated rings. The van der Waals surface area contributed by atoms with E-state index < -0.39 is 10.0 Å². The lowest BCUT2D eigenvalue weighted by Crippen LogP contribution is -2.39. The molecule has 0 saturated heterocycles. The number of aryl methyl sites for hydroxylation is 1. The number of fused-ring (bicyclic) bond motifs is 3. The van der Waals surface area contributed by atoms with Gasteiger partial charge < -0.3 is 4.57 Å². The van der Waals surface area contributed by atoms with Gasteiger partial charge in [0.15, 0.2) is 0 Å². The fourth-order valence-corrected chi connectivity index (χ4v) is 4.58. The highest BCUT2D eigenvalue weighted by Gasteiger charge is 2.42. The van der Waals surface area contributed by atoms with Gasteiger partial charge in [0.25, 0.3) is 0 Å². The second-order valence-corrected chi connectivity index (χ2v) is 7.36. The van der Waals surface area contributed by atoms with Crippen LogP contribution >= 0.6 is 0 Å². The third-order valence-electron chi connectivity index (χ3n) is 3.85. The molecule has 1 aliphatic carbocycles. The van der Waals surface area contributed by atoms with Crippen molar-refractivity contribution in [3.05, 3.63) is 24.3 Å². The first-order chi connectivity index (χ1) is 9.18. The zero-order valence-electron chi connectivity index (χ0n) is 10.5. The molecule has 0 amide bonds. The maximum Gasteiger partial charge on any atom is 0.240 e. The Labute approximate surface area is 111 Å². The van der Waals surface area contributed by atoms with E-state index in [1.165, 1.54) is 4.31 Å². The van der Waals surface area contributed by atoms with Crippen molar-refractivity contribution in [2.45, 2.75) is 31.1 Å². The minimum absolute atomic E-state index is 0.182. The summed E-state index contributed by atoms with van der Waals surface area (Å²) in [5, 5.41) is -0.182. The lowest BCUT2D eigenvalue weighted by molar-refractivity contribution is 0.563. The quantitative estimate of drug-likeness (QED) is 0.840. The van der Waals surface area contributed by atoms with Crippen molar-refractivity contribution in [2.75, 3.05) is 10.8 Å². The first-order valence-corrected chi connectivity index (χ1v) is 8.15. The van der Waals surface area contributed by atoms with Crippen molar-refractivity contribution in [1.29, 1.82) is 0 Å². The maximum absolute atomic E-state index is 12.5. The number of para-hydroxylation sites is 2. The van der Waals surface area contributed by atoms with Crippen LogP contribution < -0.4 is 4.31 Å². The molecule has 1 aromatic heterocycles. The Balaban J connectivity index is 1.91. The van der Waals surface area contributed by atoms with Crippen molar-refractivity contribution in [3.63, 3.8) is 0 Å². The molecule has 1 aliphatic heterocycles. The monoisotopic (exact) mass is 277 g/mol. The van der Waals surface area contributed by atoms with E-state index in [0.29, 0.717) is 12.5 Å². The smallest absolute Gasteiger partial charge is 0.240 e. The van der Waals surface area contributed by atoms with Crippen LogP contribution in [0, 0.1) is 0 Å². The van der Waals surface area contributed by atoms with Crippen molar-refractivity contribution in [2.24, 2.45) is 0 Å². The van der Waals surface area contributed by atoms with E-state index >= 15 is 0 Å². The van der Waals surface area contributed by atoms with Crippen LogP contribution in [0.2, 0.25) is 0 Å². The van der Waals surface area contributed by atoms with Crippen LogP contribution in [0.3, 0.4) is 0 Å². The second-order valence-electron chi connectivity index (χ2n) is 5.22. The number of rotatable bonds is 2. The lowest BCUT2D eigenvalue weighted by atomic mass is 10.3. The van der Waals surface area contributed by atoms with Gasteiger partial charge in [-0.25, -0.2) is 17.7 Å². The highest BCUT2D eigenvalue weighted by molar-refractivity contribution is 7.93. The van der Waals surface area contributed by atoms with Gasteiger partial charge in [0.1, 0.15) is 0 Å². The van der Waals surface area contributed by atoms with E-state index in [1.54, 1.807) is 0 Å². The van der Waals surface area contributed by atoms with Gasteiger partial charge in [-0.2, -0.15) is 0 Å². The summed E-state index contributed by atoms with van der Waals surface area (Å²) < 4.78 is 28.5. The molecule has 0 unspecified atom stereocenters. The average molecular weight is 277 g/mol. The summed E-state index contributed by atoms with van der Waals surface area (Å²) in [7, 11) is -3.20. The number of sulfonamides is 1. The first-order valence-electron chi connectivity index (χ1n) is 6.65. The number of aromatic nitrogens is 2. The summed E-state index contributed by atoms with van der Waals surface area (Å²) in [5.74, 6) is 0.597. The van der Waals surface area contributed by atoms with E-state index in [4.69, 9.17) is 0 Å². The molecule has 0 radical (unpaired) electrons. The molecule has 0 atom stereocenters. The Bertz CT molecular complexity index is 746. The Morgan fingerprint density at radius 1 is 1.16 bits per heavy atom. The predicted molar refractivity (Wildman–Crippen MR) is 73.6 cm³/mol. The summed E-state index contributed by atoms with van der Waals surface area (Å²) in [4.78, 5) is 4.52. The van der Waals surface area contributed by atoms with Crippen LogP contribution in [-0.2, 0) is 16.6 Å². The van der Waals surface area contributed by atoms with Crippen molar-refractivity contribution in [3.8, 4) is 0 Å². The standard InChI is InChI=1S/C13H15N3O2S/c17-19(18,10-6-7-10)16-9-3-8-15-12-5-2-1-4-11(12)14-13(15)16/h1-2,4-5,10H,3,6-9H2. The predicted octanol–water partition coefficient (Wildman–Crippen LogP) is 1.74. The van der Waals surface area contributed by atoms with Gasteiger partial charge in [-0.15, -0.1) is 0 Å². The number of nitrogens with zero attached hydrogens (tertiary/aromatic N) is 3. The fraction of sp³-hybridized carbons (Fsp3) is 0.462. The third kappa shape index (κ3) is 1.59. The van der Waals surface area contributed by atoms with Crippen molar-refractivity contribution in [1.82, 2.24) is 9.55 Å². The van der Waals surface area contributed by atoms with Crippen LogP contribution in [0.25, 0.3) is 11.0 Å². The molecule has 1 aromatic carbocycles. The minimum Gasteiger partial charge on any atom is -0.309 e. The zero-order chi connectivity index (χ0) is 13.0. The number of anilines is 1. The van der Waals surface area contributed by atoms with Crippen molar-refractivity contribution >= 4 is 27.0 Å². The number of imidazole rings is 1. The summed E-state index contributed by atoms with van der Waals surface area (Å²) in [5.41, 5.74) is 1.89. The molecule has 0 N–H and O–H groups in total. The molecular formula is C13H15N3O2S. The second kappa shape index (κ2) is 3.72. The van der Waals surface area contributed by atoms with Crippen LogP contribution in [0.5, 0.6) is 0 Å². The van der Waals surface area contributed by atoms with E-state index in [9.17, 15) is 8.42 Å². The molecule has 100 valence electrons. The Hall–Kier alpha value is -1.56. The number of benzene rings is 1. The van der Waals surface area contributed by atoms with Crippen LogP contribution in [0.15, 0.2) is 24.3 Å². The van der Waals surface area contributed by atoms with Crippen LogP contribution in [0.4, 0.5) is 5.95 Å². The molecule has 5 nitrogen and oxygen atoms in total. The molecule has 0 bridgehead atoms. The summed E-state index contributed by atoms with van der Waals surface area (Å²) in [6.45, 7) is 1.40. The highest BCUT2D eigenvalue weighted by atomic mass is 32.2. The van der Waals surface area contributed by atoms with Gasteiger partial charge in [0, 0.05) is 13.1 Å². The van der Waals surface area contributed by atoms with Gasteiger partial charge >= 0.3 is 0 Å². The minimum atomic E-state index is -3.20. The Morgan fingerprint density at radius 3 is 2.74 bits per heavy atom. The van der Waals surface area contributed by atoms with E-state index in [0.717, 1.165) is 36.8 Å². The highest BCUT2D eigenvalue weighted by Crippen LogP contribution is 2.36. The third-order valence-corrected chi connectivity index (χ3v) is 6.13. The van der Waals surface area contributed by atoms with E-state index in [1.807, 2.05) is 28.8 Å². The van der Waals surface area contributed by atoms with Gasteiger partial charge in [0.05, 0.1) is 16.3 Å². The fourth-order valence-electron chi connectivity index (χ4n) is 2.73. The molecule has 2 heterocycles. The molecule has 2 aromatic rings. The van der Waals surface area contributed by atoms with Gasteiger partial charge in [-0.1, -0.05) is 12.1 Å². The number of hydrogen-bond acceptors (Lipinski definition) is 3. The molecule has 6 heteroatoms. The van der Waals surface area contributed by atoms with Gasteiger partial charge in [-0.3, -0.25) is 0 Å². The summed E-state index contributed by atoms with van der Waals surface area (Å²) in [6.07, 6.45) is 2.43. The molecule has 4 rings (SSSR count). The van der Waals surface area contributed by atoms with Gasteiger partial charge in [-0.05, 0) is 31.4 Å². The summed E-state index contributed by atoms with van der Waals surface area (Å²) >= 11 is 0. The SMILES string of the molecule is O=S(=O)(C1CC1)N1CCCn2c1nc1ccccc12. The summed E-state index contributed by atoms with van der Waals surface area (Å²) in [6, 6.07) is 7.83. The first kappa shape index (κ1) is 11.3. The largest absolute Gasteiger partial charge is 0.309 e. The Morgan fingerprint density at radius 2 is 1.95 bits per heavy atom. The lowest BCUT2D eigenvalue weighted by Gasteiger charge is -2.28. The zero-order valence-corrected chi connectivity index (χ0v) is 11.3. The normalized spacial score (nSPS) is 19.7. The van der Waals surface area contributed by atoms with E-state index in [2.05, 4.69) is 4.98 Å². The van der Waals surface area contributed by atoms with Crippen LogP contribution in [-0.4, -0.2) is 29.8 Å². The molecule has 2 aliphatic rings. The Kier molecular flexibility index (Phi) is 2.21.